The first-order valence-corrected chi connectivity index (χ1v) is 9.50. The van der Waals surface area contributed by atoms with E-state index in [1.54, 1.807) is 0 Å². The number of nitrogens with zero attached hydrogens (tertiary/aromatic N) is 1. The predicted octanol–water partition coefficient (Wildman–Crippen LogP) is 4.30. The maximum Gasteiger partial charge on any atom is 0.404 e. The van der Waals surface area contributed by atoms with E-state index < -0.39 is 6.09 Å². The standard InChI is InChI=1S/C22H30N2O3/c1-5-6-19-17(12-25)21(16-9-7-15(4)8-10-16)18(13-27-22(23)26)20(24-19)11-14(2)3/h7-10,14,25H,5-6,11-13H2,1-4H3,(H2,23,26). The largest absolute Gasteiger partial charge is 0.445 e. The second kappa shape index (κ2) is 9.51. The molecule has 0 bridgehead atoms. The molecule has 0 spiro atoms. The van der Waals surface area contributed by atoms with Gasteiger partial charge in [-0.1, -0.05) is 57.0 Å². The van der Waals surface area contributed by atoms with Gasteiger partial charge in [-0.05, 0) is 36.8 Å². The lowest BCUT2D eigenvalue weighted by molar-refractivity contribution is 0.150. The molecule has 27 heavy (non-hydrogen) atoms. The molecule has 2 rings (SSSR count). The number of aromatic nitrogens is 1. The van der Waals surface area contributed by atoms with Crippen LogP contribution in [0.25, 0.3) is 11.1 Å². The number of amides is 1. The number of hydrogen-bond donors (Lipinski definition) is 2. The minimum atomic E-state index is -0.816. The number of pyridine rings is 1. The summed E-state index contributed by atoms with van der Waals surface area (Å²) in [5.74, 6) is 0.394. The summed E-state index contributed by atoms with van der Waals surface area (Å²) in [6.07, 6.45) is 1.67. The summed E-state index contributed by atoms with van der Waals surface area (Å²) in [6.45, 7) is 8.33. The fourth-order valence-electron chi connectivity index (χ4n) is 3.31. The fraction of sp³-hybridized carbons (Fsp3) is 0.455. The first kappa shape index (κ1) is 20.9. The maximum absolute atomic E-state index is 11.3. The minimum absolute atomic E-state index is 0.0486. The number of carbonyl (C=O) groups is 1. The minimum Gasteiger partial charge on any atom is -0.445 e. The number of nitrogens with two attached hydrogens (primary N) is 1. The quantitative estimate of drug-likeness (QED) is 0.725. The van der Waals surface area contributed by atoms with Crippen LogP contribution in [-0.4, -0.2) is 16.2 Å². The number of primary amides is 1. The van der Waals surface area contributed by atoms with E-state index in [4.69, 9.17) is 15.5 Å². The second-order valence-electron chi connectivity index (χ2n) is 7.32. The maximum atomic E-state index is 11.3. The van der Waals surface area contributed by atoms with Crippen LogP contribution >= 0.6 is 0 Å². The number of benzene rings is 1. The zero-order valence-corrected chi connectivity index (χ0v) is 16.7. The van der Waals surface area contributed by atoms with Crippen LogP contribution in [0.5, 0.6) is 0 Å². The molecule has 5 nitrogen and oxygen atoms in total. The molecule has 0 saturated carbocycles. The third-order valence-corrected chi connectivity index (χ3v) is 4.52. The summed E-state index contributed by atoms with van der Waals surface area (Å²) in [4.78, 5) is 16.1. The SMILES string of the molecule is CCCc1nc(CC(C)C)c(COC(N)=O)c(-c2ccc(C)cc2)c1CO. The first-order valence-electron chi connectivity index (χ1n) is 9.50. The van der Waals surface area contributed by atoms with Crippen LogP contribution in [0.4, 0.5) is 4.79 Å². The molecule has 0 fully saturated rings. The molecule has 146 valence electrons. The van der Waals surface area contributed by atoms with Crippen LogP contribution in [0.3, 0.4) is 0 Å². The van der Waals surface area contributed by atoms with Crippen LogP contribution < -0.4 is 5.73 Å². The van der Waals surface area contributed by atoms with Crippen molar-refractivity contribution in [1.82, 2.24) is 4.98 Å². The molecular weight excluding hydrogens is 340 g/mol. The average Bonchev–Trinajstić information content (AvgIpc) is 2.60. The zero-order chi connectivity index (χ0) is 20.0. The van der Waals surface area contributed by atoms with E-state index in [2.05, 4.69) is 20.8 Å². The third-order valence-electron chi connectivity index (χ3n) is 4.52. The van der Waals surface area contributed by atoms with E-state index >= 15 is 0 Å². The summed E-state index contributed by atoms with van der Waals surface area (Å²) in [5, 5.41) is 10.1. The van der Waals surface area contributed by atoms with Gasteiger partial charge < -0.3 is 15.6 Å². The van der Waals surface area contributed by atoms with Crippen molar-refractivity contribution >= 4 is 6.09 Å². The van der Waals surface area contributed by atoms with Crippen molar-refractivity contribution in [2.45, 2.75) is 60.2 Å². The van der Waals surface area contributed by atoms with Gasteiger partial charge in [0.15, 0.2) is 0 Å². The highest BCUT2D eigenvalue weighted by molar-refractivity contribution is 5.73. The van der Waals surface area contributed by atoms with Crippen molar-refractivity contribution in [3.05, 3.63) is 52.3 Å². The molecule has 0 saturated heterocycles. The van der Waals surface area contributed by atoms with Crippen LogP contribution in [0.2, 0.25) is 0 Å². The van der Waals surface area contributed by atoms with Gasteiger partial charge >= 0.3 is 6.09 Å². The lowest BCUT2D eigenvalue weighted by Gasteiger charge is -2.22. The van der Waals surface area contributed by atoms with Gasteiger partial charge in [-0.3, -0.25) is 4.98 Å². The van der Waals surface area contributed by atoms with Gasteiger partial charge in [0.1, 0.15) is 6.61 Å². The van der Waals surface area contributed by atoms with Crippen LogP contribution in [0, 0.1) is 12.8 Å². The average molecular weight is 370 g/mol. The summed E-state index contributed by atoms with van der Waals surface area (Å²) >= 11 is 0. The summed E-state index contributed by atoms with van der Waals surface area (Å²) in [7, 11) is 0. The molecule has 1 amide bonds. The molecule has 0 aliphatic heterocycles. The number of aryl methyl sites for hydroxylation is 2. The van der Waals surface area contributed by atoms with Gasteiger partial charge in [-0.25, -0.2) is 4.79 Å². The molecule has 0 aliphatic carbocycles. The van der Waals surface area contributed by atoms with E-state index in [1.807, 2.05) is 31.2 Å². The Morgan fingerprint density at radius 2 is 1.85 bits per heavy atom. The molecule has 5 heteroatoms. The van der Waals surface area contributed by atoms with E-state index in [-0.39, 0.29) is 13.2 Å². The highest BCUT2D eigenvalue weighted by Crippen LogP contribution is 2.34. The molecule has 1 heterocycles. The lowest BCUT2D eigenvalue weighted by Crippen LogP contribution is -2.17. The van der Waals surface area contributed by atoms with Crippen molar-refractivity contribution in [3.8, 4) is 11.1 Å². The second-order valence-corrected chi connectivity index (χ2v) is 7.32. The van der Waals surface area contributed by atoms with Crippen molar-refractivity contribution < 1.29 is 14.6 Å². The van der Waals surface area contributed by atoms with Gasteiger partial charge in [0.05, 0.1) is 6.61 Å². The third kappa shape index (κ3) is 5.30. The molecule has 0 atom stereocenters. The Balaban J connectivity index is 2.76. The highest BCUT2D eigenvalue weighted by atomic mass is 16.5. The molecular formula is C22H30N2O3. The van der Waals surface area contributed by atoms with E-state index in [0.29, 0.717) is 5.92 Å². The number of hydrogen-bond acceptors (Lipinski definition) is 4. The molecule has 2 aromatic rings. The van der Waals surface area contributed by atoms with Gasteiger partial charge in [-0.2, -0.15) is 0 Å². The molecule has 0 radical (unpaired) electrons. The van der Waals surface area contributed by atoms with Gasteiger partial charge in [0, 0.05) is 22.5 Å². The molecule has 3 N–H and O–H groups in total. The Kier molecular flexibility index (Phi) is 7.36. The molecule has 1 aromatic heterocycles. The lowest BCUT2D eigenvalue weighted by atomic mass is 9.89. The van der Waals surface area contributed by atoms with Crippen LogP contribution in [0.15, 0.2) is 24.3 Å². The number of aliphatic hydroxyl groups excluding tert-OH is 1. The summed E-state index contributed by atoms with van der Waals surface area (Å²) < 4.78 is 5.15. The smallest absolute Gasteiger partial charge is 0.404 e. The van der Waals surface area contributed by atoms with Crippen molar-refractivity contribution in [3.63, 3.8) is 0 Å². The van der Waals surface area contributed by atoms with Gasteiger partial charge in [0.2, 0.25) is 0 Å². The topological polar surface area (TPSA) is 85.4 Å². The number of aliphatic hydroxyl groups is 1. The Morgan fingerprint density at radius 1 is 1.19 bits per heavy atom. The van der Waals surface area contributed by atoms with Crippen molar-refractivity contribution in [2.75, 3.05) is 0 Å². The number of carbonyl (C=O) groups excluding carboxylic acids is 1. The Labute approximate surface area is 161 Å². The van der Waals surface area contributed by atoms with E-state index in [9.17, 15) is 9.90 Å². The number of rotatable bonds is 8. The summed E-state index contributed by atoms with van der Waals surface area (Å²) in [6, 6.07) is 8.15. The van der Waals surface area contributed by atoms with Crippen LogP contribution in [0.1, 0.15) is 55.3 Å². The van der Waals surface area contributed by atoms with Crippen LogP contribution in [-0.2, 0) is 30.8 Å². The molecule has 1 aromatic carbocycles. The van der Waals surface area contributed by atoms with Crippen molar-refractivity contribution in [2.24, 2.45) is 11.7 Å². The Bertz CT molecular complexity index is 783. The van der Waals surface area contributed by atoms with Crippen molar-refractivity contribution in [1.29, 1.82) is 0 Å². The van der Waals surface area contributed by atoms with Gasteiger partial charge in [0.25, 0.3) is 0 Å². The monoisotopic (exact) mass is 370 g/mol. The van der Waals surface area contributed by atoms with Gasteiger partial charge in [-0.15, -0.1) is 0 Å². The first-order chi connectivity index (χ1) is 12.9. The summed E-state index contributed by atoms with van der Waals surface area (Å²) in [5.41, 5.74) is 11.7. The highest BCUT2D eigenvalue weighted by Gasteiger charge is 2.21. The Hall–Kier alpha value is -2.40. The van der Waals surface area contributed by atoms with E-state index in [0.717, 1.165) is 58.5 Å². The normalized spacial score (nSPS) is 11.0. The Morgan fingerprint density at radius 3 is 2.37 bits per heavy atom. The number of ether oxygens (including phenoxy) is 1. The fourth-order valence-corrected chi connectivity index (χ4v) is 3.31. The molecule has 0 unspecified atom stereocenters. The zero-order valence-electron chi connectivity index (χ0n) is 16.7. The van der Waals surface area contributed by atoms with E-state index in [1.165, 1.54) is 0 Å². The molecule has 0 aliphatic rings. The predicted molar refractivity (Wildman–Crippen MR) is 107 cm³/mol.